The van der Waals surface area contributed by atoms with Gasteiger partial charge in [0.2, 0.25) is 0 Å². The molecule has 1 aliphatic rings. The van der Waals surface area contributed by atoms with Crippen LogP contribution >= 0.6 is 11.3 Å². The molecule has 3 heteroatoms. The lowest BCUT2D eigenvalue weighted by Gasteiger charge is -2.17. The molecule has 2 N–H and O–H groups in total. The van der Waals surface area contributed by atoms with Gasteiger partial charge in [-0.2, -0.15) is 0 Å². The van der Waals surface area contributed by atoms with Crippen molar-refractivity contribution in [2.75, 3.05) is 0 Å². The third-order valence-electron chi connectivity index (χ3n) is 2.14. The van der Waals surface area contributed by atoms with Gasteiger partial charge in [-0.15, -0.1) is 11.3 Å². The molecule has 0 saturated heterocycles. The van der Waals surface area contributed by atoms with Crippen LogP contribution in [0.25, 0.3) is 0 Å². The van der Waals surface area contributed by atoms with Crippen LogP contribution in [0.2, 0.25) is 0 Å². The summed E-state index contributed by atoms with van der Waals surface area (Å²) in [6, 6.07) is 0. The summed E-state index contributed by atoms with van der Waals surface area (Å²) in [5.41, 5.74) is 9.00. The molecule has 1 aromatic heterocycles. The first-order chi connectivity index (χ1) is 5.59. The van der Waals surface area contributed by atoms with Crippen LogP contribution in [0.4, 0.5) is 0 Å². The van der Waals surface area contributed by atoms with Gasteiger partial charge in [0.25, 0.3) is 0 Å². The normalized spacial score (nSPS) is 18.2. The van der Waals surface area contributed by atoms with E-state index in [0.29, 0.717) is 5.92 Å². The van der Waals surface area contributed by atoms with Crippen molar-refractivity contribution in [1.82, 2.24) is 4.98 Å². The number of nitrogens with zero attached hydrogens (tertiary/aromatic N) is 1. The molecular formula is C9H14N2S. The molecule has 0 atom stereocenters. The highest BCUT2D eigenvalue weighted by Crippen LogP contribution is 2.43. The van der Waals surface area contributed by atoms with Gasteiger partial charge in [0.1, 0.15) is 0 Å². The Balaban J connectivity index is 2.36. The average Bonchev–Trinajstić information content (AvgIpc) is 2.65. The highest BCUT2D eigenvalue weighted by Gasteiger charge is 2.32. The van der Waals surface area contributed by atoms with Crippen molar-refractivity contribution in [1.29, 1.82) is 0 Å². The van der Waals surface area contributed by atoms with E-state index in [1.807, 2.05) is 19.4 Å². The number of nitrogens with two attached hydrogens (primary N) is 1. The second-order valence-corrected chi connectivity index (χ2v) is 4.92. The molecule has 0 radical (unpaired) electrons. The molecule has 12 heavy (non-hydrogen) atoms. The van der Waals surface area contributed by atoms with Gasteiger partial charge in [-0.1, -0.05) is 0 Å². The van der Waals surface area contributed by atoms with Gasteiger partial charge in [-0.3, -0.25) is 0 Å². The zero-order valence-electron chi connectivity index (χ0n) is 7.50. The smallest absolute Gasteiger partial charge is 0.0798 e. The summed E-state index contributed by atoms with van der Waals surface area (Å²) in [5, 5.41) is 0. The fraction of sp³-hybridized carbons (Fsp3) is 0.667. The minimum Gasteiger partial charge on any atom is -0.321 e. The van der Waals surface area contributed by atoms with E-state index in [4.69, 9.17) is 5.73 Å². The summed E-state index contributed by atoms with van der Waals surface area (Å²) in [6.07, 6.45) is 2.60. The van der Waals surface area contributed by atoms with E-state index >= 15 is 0 Å². The van der Waals surface area contributed by atoms with Crippen LogP contribution in [0.5, 0.6) is 0 Å². The Morgan fingerprint density at radius 1 is 1.58 bits per heavy atom. The topological polar surface area (TPSA) is 38.9 Å². The lowest BCUT2D eigenvalue weighted by molar-refractivity contribution is 0.558. The molecule has 0 aliphatic heterocycles. The fourth-order valence-electron chi connectivity index (χ4n) is 1.38. The van der Waals surface area contributed by atoms with E-state index in [-0.39, 0.29) is 5.54 Å². The van der Waals surface area contributed by atoms with Crippen molar-refractivity contribution in [2.24, 2.45) is 5.73 Å². The van der Waals surface area contributed by atoms with E-state index in [0.717, 1.165) is 0 Å². The Bertz CT molecular complexity index is 281. The van der Waals surface area contributed by atoms with Crippen LogP contribution in [0.15, 0.2) is 5.51 Å². The number of hydrogen-bond donors (Lipinski definition) is 1. The molecule has 1 heterocycles. The van der Waals surface area contributed by atoms with E-state index in [1.54, 1.807) is 11.3 Å². The van der Waals surface area contributed by atoms with E-state index in [9.17, 15) is 0 Å². The summed E-state index contributed by atoms with van der Waals surface area (Å²) < 4.78 is 0. The molecule has 0 aromatic carbocycles. The van der Waals surface area contributed by atoms with Crippen molar-refractivity contribution in [3.8, 4) is 0 Å². The van der Waals surface area contributed by atoms with E-state index in [2.05, 4.69) is 4.98 Å². The maximum Gasteiger partial charge on any atom is 0.0798 e. The first-order valence-corrected chi connectivity index (χ1v) is 5.20. The zero-order valence-corrected chi connectivity index (χ0v) is 8.32. The van der Waals surface area contributed by atoms with Gasteiger partial charge >= 0.3 is 0 Å². The van der Waals surface area contributed by atoms with Crippen LogP contribution in [0.1, 0.15) is 43.2 Å². The lowest BCUT2D eigenvalue weighted by atomic mass is 10.0. The molecule has 1 fully saturated rings. The number of hydrogen-bond acceptors (Lipinski definition) is 3. The predicted octanol–water partition coefficient (Wildman–Crippen LogP) is 2.21. The molecule has 2 nitrogen and oxygen atoms in total. The molecule has 0 amide bonds. The molecule has 0 unspecified atom stereocenters. The molecule has 0 spiro atoms. The maximum absolute atomic E-state index is 6.04. The summed E-state index contributed by atoms with van der Waals surface area (Å²) in [7, 11) is 0. The molecule has 1 aliphatic carbocycles. The maximum atomic E-state index is 6.04. The minimum absolute atomic E-state index is 0.209. The number of rotatable bonds is 2. The van der Waals surface area contributed by atoms with Gasteiger partial charge < -0.3 is 5.73 Å². The van der Waals surface area contributed by atoms with Crippen molar-refractivity contribution in [2.45, 2.75) is 38.1 Å². The van der Waals surface area contributed by atoms with Crippen LogP contribution < -0.4 is 5.73 Å². The van der Waals surface area contributed by atoms with E-state index < -0.39 is 0 Å². The Labute approximate surface area is 76.8 Å². The van der Waals surface area contributed by atoms with Crippen molar-refractivity contribution in [3.63, 3.8) is 0 Å². The SMILES string of the molecule is CC(C)(N)c1scnc1C1CC1. The molecule has 1 aromatic rings. The summed E-state index contributed by atoms with van der Waals surface area (Å²) in [4.78, 5) is 5.65. The Kier molecular flexibility index (Phi) is 1.73. The third-order valence-corrected chi connectivity index (χ3v) is 3.33. The number of thiazole rings is 1. The quantitative estimate of drug-likeness (QED) is 0.761. The Hall–Kier alpha value is -0.410. The second kappa shape index (κ2) is 2.54. The summed E-state index contributed by atoms with van der Waals surface area (Å²) in [6.45, 7) is 4.10. The van der Waals surface area contributed by atoms with Gasteiger partial charge in [-0.05, 0) is 26.7 Å². The zero-order chi connectivity index (χ0) is 8.77. The van der Waals surface area contributed by atoms with Crippen LogP contribution in [0.3, 0.4) is 0 Å². The molecular weight excluding hydrogens is 168 g/mol. The van der Waals surface area contributed by atoms with Gasteiger partial charge in [0, 0.05) is 16.3 Å². The predicted molar refractivity (Wildman–Crippen MR) is 51.3 cm³/mol. The van der Waals surface area contributed by atoms with Gasteiger partial charge in [-0.25, -0.2) is 4.98 Å². The Morgan fingerprint density at radius 3 is 2.75 bits per heavy atom. The monoisotopic (exact) mass is 182 g/mol. The molecule has 2 rings (SSSR count). The van der Waals surface area contributed by atoms with Gasteiger partial charge in [0.05, 0.1) is 11.2 Å². The summed E-state index contributed by atoms with van der Waals surface area (Å²) >= 11 is 1.69. The molecule has 1 saturated carbocycles. The third kappa shape index (κ3) is 1.39. The van der Waals surface area contributed by atoms with Crippen molar-refractivity contribution < 1.29 is 0 Å². The Morgan fingerprint density at radius 2 is 2.25 bits per heavy atom. The fourth-order valence-corrected chi connectivity index (χ4v) is 2.30. The summed E-state index contributed by atoms with van der Waals surface area (Å²) in [5.74, 6) is 0.717. The van der Waals surface area contributed by atoms with Crippen LogP contribution in [-0.4, -0.2) is 4.98 Å². The standard InChI is InChI=1S/C9H14N2S/c1-9(2,10)8-7(6-3-4-6)11-5-12-8/h5-6H,3-4,10H2,1-2H3. The largest absolute Gasteiger partial charge is 0.321 e. The number of aromatic nitrogens is 1. The first kappa shape index (κ1) is 8.20. The highest BCUT2D eigenvalue weighted by molar-refractivity contribution is 7.09. The lowest BCUT2D eigenvalue weighted by Crippen LogP contribution is -2.28. The molecule has 0 bridgehead atoms. The first-order valence-electron chi connectivity index (χ1n) is 4.32. The second-order valence-electron chi connectivity index (χ2n) is 4.06. The minimum atomic E-state index is -0.209. The highest BCUT2D eigenvalue weighted by atomic mass is 32.1. The van der Waals surface area contributed by atoms with Crippen molar-refractivity contribution in [3.05, 3.63) is 16.1 Å². The van der Waals surface area contributed by atoms with Crippen LogP contribution in [0, 0.1) is 0 Å². The van der Waals surface area contributed by atoms with E-state index in [1.165, 1.54) is 23.4 Å². The average molecular weight is 182 g/mol. The van der Waals surface area contributed by atoms with Crippen molar-refractivity contribution >= 4 is 11.3 Å². The van der Waals surface area contributed by atoms with Crippen LogP contribution in [-0.2, 0) is 5.54 Å². The van der Waals surface area contributed by atoms with Gasteiger partial charge in [0.15, 0.2) is 0 Å². The molecule has 66 valence electrons.